The first kappa shape index (κ1) is 8.14. The zero-order valence-corrected chi connectivity index (χ0v) is 7.70. The fourth-order valence-corrected chi connectivity index (χ4v) is 1.13. The molecule has 2 rings (SSSR count). The molecule has 2 aromatic heterocycles. The van der Waals surface area contributed by atoms with Gasteiger partial charge in [0, 0.05) is 12.4 Å². The average Bonchev–Trinajstić information content (AvgIpc) is 2.58. The molecular weight excluding hydrogens is 182 g/mol. The summed E-state index contributed by atoms with van der Waals surface area (Å²) in [4.78, 5) is 8.17. The Kier molecular flexibility index (Phi) is 2.19. The van der Waals surface area contributed by atoms with E-state index in [1.165, 1.54) is 0 Å². The number of nitrogens with zero attached hydrogens (tertiary/aromatic N) is 3. The highest BCUT2D eigenvalue weighted by molar-refractivity contribution is 7.80. The van der Waals surface area contributed by atoms with E-state index in [4.69, 9.17) is 0 Å². The standard InChI is InChI=1S/C9H7N3S/c13-6-1-3-8-7-11-9-10-4-2-5-12(8)9/h2,4-5,7,13H,6H2. The third-order valence-electron chi connectivity index (χ3n) is 1.58. The second-order valence-electron chi connectivity index (χ2n) is 2.39. The molecule has 0 radical (unpaired) electrons. The molecule has 4 heteroatoms. The van der Waals surface area contributed by atoms with Gasteiger partial charge in [0.25, 0.3) is 0 Å². The van der Waals surface area contributed by atoms with Crippen molar-refractivity contribution in [2.24, 2.45) is 0 Å². The molecule has 0 aliphatic carbocycles. The van der Waals surface area contributed by atoms with E-state index in [1.807, 2.05) is 16.7 Å². The Morgan fingerprint density at radius 2 is 2.38 bits per heavy atom. The van der Waals surface area contributed by atoms with Crippen LogP contribution in [0.1, 0.15) is 5.69 Å². The van der Waals surface area contributed by atoms with Crippen molar-refractivity contribution in [3.63, 3.8) is 0 Å². The lowest BCUT2D eigenvalue weighted by Gasteiger charge is -1.90. The molecule has 0 aromatic carbocycles. The Morgan fingerprint density at radius 3 is 3.23 bits per heavy atom. The first-order valence-corrected chi connectivity index (χ1v) is 4.43. The van der Waals surface area contributed by atoms with Gasteiger partial charge in [-0.3, -0.25) is 4.40 Å². The molecule has 64 valence electrons. The minimum atomic E-state index is 0.549. The highest BCUT2D eigenvalue weighted by atomic mass is 32.1. The van der Waals surface area contributed by atoms with E-state index in [2.05, 4.69) is 34.4 Å². The SMILES string of the molecule is SCC#Cc1cnc2ncccn12. The fourth-order valence-electron chi connectivity index (χ4n) is 1.05. The molecule has 0 aliphatic heterocycles. The van der Waals surface area contributed by atoms with Gasteiger partial charge in [-0.1, -0.05) is 5.92 Å². The Labute approximate surface area is 81.2 Å². The third kappa shape index (κ3) is 1.51. The van der Waals surface area contributed by atoms with E-state index in [-0.39, 0.29) is 0 Å². The topological polar surface area (TPSA) is 30.2 Å². The molecule has 0 amide bonds. The van der Waals surface area contributed by atoms with Gasteiger partial charge >= 0.3 is 0 Å². The zero-order chi connectivity index (χ0) is 9.10. The third-order valence-corrected chi connectivity index (χ3v) is 1.74. The number of imidazole rings is 1. The number of thiol groups is 1. The van der Waals surface area contributed by atoms with Gasteiger partial charge in [0.1, 0.15) is 5.69 Å². The lowest BCUT2D eigenvalue weighted by molar-refractivity contribution is 1.09. The molecule has 0 atom stereocenters. The molecule has 0 N–H and O–H groups in total. The zero-order valence-electron chi connectivity index (χ0n) is 6.81. The van der Waals surface area contributed by atoms with Crippen LogP contribution in [0.25, 0.3) is 5.78 Å². The van der Waals surface area contributed by atoms with Crippen molar-refractivity contribution < 1.29 is 0 Å². The second kappa shape index (κ2) is 3.50. The molecule has 13 heavy (non-hydrogen) atoms. The molecule has 0 aliphatic rings. The van der Waals surface area contributed by atoms with E-state index in [0.29, 0.717) is 11.5 Å². The van der Waals surface area contributed by atoms with Crippen molar-refractivity contribution >= 4 is 18.4 Å². The van der Waals surface area contributed by atoms with Crippen LogP contribution in [0.4, 0.5) is 0 Å². The number of rotatable bonds is 0. The summed E-state index contributed by atoms with van der Waals surface area (Å²) >= 11 is 4.01. The largest absolute Gasteiger partial charge is 0.277 e. The normalized spacial score (nSPS) is 9.62. The summed E-state index contributed by atoms with van der Waals surface area (Å²) in [7, 11) is 0. The predicted molar refractivity (Wildman–Crippen MR) is 53.7 cm³/mol. The number of hydrogen-bond donors (Lipinski definition) is 1. The highest BCUT2D eigenvalue weighted by Gasteiger charge is 1.98. The maximum absolute atomic E-state index is 4.10. The fraction of sp³-hybridized carbons (Fsp3) is 0.111. The van der Waals surface area contributed by atoms with Gasteiger partial charge in [-0.25, -0.2) is 9.97 Å². The minimum Gasteiger partial charge on any atom is -0.277 e. The minimum absolute atomic E-state index is 0.549. The smallest absolute Gasteiger partial charge is 0.234 e. The van der Waals surface area contributed by atoms with Crippen molar-refractivity contribution in [3.8, 4) is 11.8 Å². The number of hydrogen-bond acceptors (Lipinski definition) is 3. The first-order valence-electron chi connectivity index (χ1n) is 3.79. The van der Waals surface area contributed by atoms with Gasteiger partial charge in [-0.05, 0) is 12.0 Å². The maximum atomic E-state index is 4.10. The van der Waals surface area contributed by atoms with Gasteiger partial charge in [-0.2, -0.15) is 12.6 Å². The molecule has 2 aromatic rings. The van der Waals surface area contributed by atoms with Crippen LogP contribution in [0.5, 0.6) is 0 Å². The Hall–Kier alpha value is -1.47. The van der Waals surface area contributed by atoms with E-state index in [9.17, 15) is 0 Å². The molecule has 0 saturated carbocycles. The summed E-state index contributed by atoms with van der Waals surface area (Å²) < 4.78 is 1.84. The van der Waals surface area contributed by atoms with Crippen LogP contribution < -0.4 is 0 Å². The van der Waals surface area contributed by atoms with Crippen LogP contribution in [0, 0.1) is 11.8 Å². The maximum Gasteiger partial charge on any atom is 0.234 e. The summed E-state index contributed by atoms with van der Waals surface area (Å²) in [5, 5.41) is 0. The molecule has 0 fully saturated rings. The van der Waals surface area contributed by atoms with Crippen LogP contribution in [-0.4, -0.2) is 20.1 Å². The first-order chi connectivity index (χ1) is 6.42. The summed E-state index contributed by atoms with van der Waals surface area (Å²) in [6.07, 6.45) is 5.30. The quantitative estimate of drug-likeness (QED) is 0.495. The van der Waals surface area contributed by atoms with Crippen molar-refractivity contribution in [1.82, 2.24) is 14.4 Å². The van der Waals surface area contributed by atoms with Crippen molar-refractivity contribution in [3.05, 3.63) is 30.4 Å². The highest BCUT2D eigenvalue weighted by Crippen LogP contribution is 2.00. The van der Waals surface area contributed by atoms with Gasteiger partial charge in [0.15, 0.2) is 0 Å². The van der Waals surface area contributed by atoms with E-state index >= 15 is 0 Å². The Bertz CT molecular complexity index is 478. The van der Waals surface area contributed by atoms with Crippen molar-refractivity contribution in [1.29, 1.82) is 0 Å². The molecule has 0 saturated heterocycles. The summed E-state index contributed by atoms with van der Waals surface area (Å²) in [5.74, 6) is 7.04. The predicted octanol–water partition coefficient (Wildman–Crippen LogP) is 1.01. The van der Waals surface area contributed by atoms with Crippen LogP contribution in [0.15, 0.2) is 24.7 Å². The van der Waals surface area contributed by atoms with E-state index in [0.717, 1.165) is 5.69 Å². The average molecular weight is 189 g/mol. The lowest BCUT2D eigenvalue weighted by atomic mass is 10.4. The molecule has 0 spiro atoms. The summed E-state index contributed by atoms with van der Waals surface area (Å²) in [6.45, 7) is 0. The molecular formula is C9H7N3S. The van der Waals surface area contributed by atoms with Crippen LogP contribution in [0.2, 0.25) is 0 Å². The number of fused-ring (bicyclic) bond motifs is 1. The van der Waals surface area contributed by atoms with Crippen LogP contribution in [-0.2, 0) is 0 Å². The second-order valence-corrected chi connectivity index (χ2v) is 2.71. The van der Waals surface area contributed by atoms with E-state index in [1.54, 1.807) is 12.4 Å². The lowest BCUT2D eigenvalue weighted by Crippen LogP contribution is -1.88. The van der Waals surface area contributed by atoms with Crippen molar-refractivity contribution in [2.75, 3.05) is 5.75 Å². The monoisotopic (exact) mass is 189 g/mol. The Morgan fingerprint density at radius 1 is 1.46 bits per heavy atom. The molecule has 0 unspecified atom stereocenters. The summed E-state index contributed by atoms with van der Waals surface area (Å²) in [5.41, 5.74) is 0.845. The van der Waals surface area contributed by atoms with Gasteiger partial charge in [-0.15, -0.1) is 0 Å². The molecule has 0 bridgehead atoms. The van der Waals surface area contributed by atoms with Gasteiger partial charge in [0.2, 0.25) is 5.78 Å². The molecule has 3 nitrogen and oxygen atoms in total. The van der Waals surface area contributed by atoms with Crippen molar-refractivity contribution in [2.45, 2.75) is 0 Å². The van der Waals surface area contributed by atoms with E-state index < -0.39 is 0 Å². The number of aromatic nitrogens is 3. The van der Waals surface area contributed by atoms with Crippen LogP contribution >= 0.6 is 12.6 Å². The Balaban J connectivity index is 2.58. The van der Waals surface area contributed by atoms with Crippen LogP contribution in [0.3, 0.4) is 0 Å². The van der Waals surface area contributed by atoms with Gasteiger partial charge in [0.05, 0.1) is 11.9 Å². The van der Waals surface area contributed by atoms with Gasteiger partial charge < -0.3 is 0 Å². The molecule has 2 heterocycles. The summed E-state index contributed by atoms with van der Waals surface area (Å²) in [6, 6.07) is 1.85.